The Morgan fingerprint density at radius 3 is 2.24 bits per heavy atom. The van der Waals surface area contributed by atoms with Crippen LogP contribution in [0.15, 0.2) is 78.9 Å². The summed E-state index contributed by atoms with van der Waals surface area (Å²) in [7, 11) is -1.99. The van der Waals surface area contributed by atoms with E-state index in [0.29, 0.717) is 30.8 Å². The van der Waals surface area contributed by atoms with Gasteiger partial charge in [0.25, 0.3) is 0 Å². The second-order valence-corrected chi connectivity index (χ2v) is 12.8. The molecule has 3 aromatic rings. The van der Waals surface area contributed by atoms with Gasteiger partial charge in [0.2, 0.25) is 21.8 Å². The predicted octanol–water partition coefficient (Wildman–Crippen LogP) is 4.96. The molecule has 42 heavy (non-hydrogen) atoms. The molecular formula is C33H43N3O5S. The van der Waals surface area contributed by atoms with Gasteiger partial charge in [0.15, 0.2) is 0 Å². The summed E-state index contributed by atoms with van der Waals surface area (Å²) in [5, 5.41) is 3.02. The molecule has 0 aliphatic carbocycles. The number of hydrogen-bond acceptors (Lipinski definition) is 5. The molecule has 0 aliphatic heterocycles. The van der Waals surface area contributed by atoms with E-state index in [1.807, 2.05) is 87.5 Å². The smallest absolute Gasteiger partial charge is 0.243 e. The molecule has 3 aromatic carbocycles. The van der Waals surface area contributed by atoms with Gasteiger partial charge >= 0.3 is 0 Å². The second-order valence-electron chi connectivity index (χ2n) is 10.9. The van der Waals surface area contributed by atoms with Crippen LogP contribution in [0.4, 0.5) is 5.69 Å². The van der Waals surface area contributed by atoms with Crippen LogP contribution < -0.4 is 14.4 Å². The van der Waals surface area contributed by atoms with Gasteiger partial charge < -0.3 is 15.0 Å². The summed E-state index contributed by atoms with van der Waals surface area (Å²) in [4.78, 5) is 29.2. The highest BCUT2D eigenvalue weighted by Gasteiger charge is 2.30. The molecule has 0 bridgehead atoms. The number of anilines is 1. The number of nitrogens with one attached hydrogen (secondary N) is 1. The number of aryl methyl sites for hydroxylation is 1. The van der Waals surface area contributed by atoms with Crippen molar-refractivity contribution in [1.82, 2.24) is 10.2 Å². The molecule has 0 saturated heterocycles. The van der Waals surface area contributed by atoms with E-state index in [1.54, 1.807) is 24.1 Å². The van der Waals surface area contributed by atoms with Crippen LogP contribution >= 0.6 is 0 Å². The maximum Gasteiger partial charge on any atom is 0.243 e. The number of rotatable bonds is 15. The molecule has 0 radical (unpaired) electrons. The lowest BCUT2D eigenvalue weighted by Crippen LogP contribution is -2.51. The third-order valence-electron chi connectivity index (χ3n) is 6.98. The summed E-state index contributed by atoms with van der Waals surface area (Å²) in [5.74, 6) is 0.459. The summed E-state index contributed by atoms with van der Waals surface area (Å²) >= 11 is 0. The first-order valence-electron chi connectivity index (χ1n) is 14.3. The average molecular weight is 594 g/mol. The first-order chi connectivity index (χ1) is 20.0. The number of methoxy groups -OCH3 is 1. The van der Waals surface area contributed by atoms with Gasteiger partial charge in [-0.2, -0.15) is 0 Å². The Balaban J connectivity index is 1.90. The van der Waals surface area contributed by atoms with Gasteiger partial charge in [-0.3, -0.25) is 13.9 Å². The van der Waals surface area contributed by atoms with Crippen molar-refractivity contribution in [2.45, 2.75) is 52.6 Å². The van der Waals surface area contributed by atoms with Crippen LogP contribution in [0.1, 0.15) is 43.4 Å². The molecule has 0 unspecified atom stereocenters. The standard InChI is InChI=1S/C33H43N3O5S/c1-25(2)23-34-33(38)31(22-27-14-7-6-8-15-27)35(24-28-16-11-17-29(21-28)41-4)32(37)19-12-20-36(42(5,39)40)30-18-10-9-13-26(30)3/h6-11,13-18,21,25,31H,12,19-20,22-24H2,1-5H3,(H,34,38)/t31-/m1/s1. The third-order valence-corrected chi connectivity index (χ3v) is 8.16. The summed E-state index contributed by atoms with van der Waals surface area (Å²) < 4.78 is 32.1. The van der Waals surface area contributed by atoms with Gasteiger partial charge in [0.05, 0.1) is 19.1 Å². The largest absolute Gasteiger partial charge is 0.497 e. The number of sulfonamides is 1. The van der Waals surface area contributed by atoms with E-state index in [4.69, 9.17) is 4.74 Å². The van der Waals surface area contributed by atoms with E-state index in [2.05, 4.69) is 5.32 Å². The van der Waals surface area contributed by atoms with E-state index in [1.165, 1.54) is 10.6 Å². The van der Waals surface area contributed by atoms with E-state index in [-0.39, 0.29) is 37.2 Å². The SMILES string of the molecule is COc1cccc(CN(C(=O)CCCN(c2ccccc2C)S(C)(=O)=O)[C@H](Cc2ccccc2)C(=O)NCC(C)C)c1. The summed E-state index contributed by atoms with van der Waals surface area (Å²) in [6.07, 6.45) is 1.88. The van der Waals surface area contributed by atoms with Gasteiger partial charge in [0.1, 0.15) is 11.8 Å². The number of amides is 2. The Bertz CT molecular complexity index is 1430. The monoisotopic (exact) mass is 593 g/mol. The highest BCUT2D eigenvalue weighted by Crippen LogP contribution is 2.24. The quantitative estimate of drug-likeness (QED) is 0.269. The van der Waals surface area contributed by atoms with Crippen molar-refractivity contribution in [3.05, 3.63) is 95.6 Å². The molecule has 8 nitrogen and oxygen atoms in total. The number of para-hydroxylation sites is 1. The molecule has 1 atom stereocenters. The Morgan fingerprint density at radius 1 is 0.929 bits per heavy atom. The molecule has 3 rings (SSSR count). The number of carbonyl (C=O) groups is 2. The van der Waals surface area contributed by atoms with Crippen LogP contribution in [0.25, 0.3) is 0 Å². The maximum atomic E-state index is 14.0. The molecule has 0 aromatic heterocycles. The van der Waals surface area contributed by atoms with E-state index in [0.717, 1.165) is 16.7 Å². The van der Waals surface area contributed by atoms with Crippen molar-refractivity contribution in [2.24, 2.45) is 5.92 Å². The number of carbonyl (C=O) groups excluding carboxylic acids is 2. The van der Waals surface area contributed by atoms with Gasteiger partial charge in [-0.05, 0) is 54.2 Å². The van der Waals surface area contributed by atoms with Crippen molar-refractivity contribution in [3.8, 4) is 5.75 Å². The zero-order chi connectivity index (χ0) is 30.7. The molecule has 1 N–H and O–H groups in total. The topological polar surface area (TPSA) is 96.0 Å². The van der Waals surface area contributed by atoms with Crippen molar-refractivity contribution >= 4 is 27.5 Å². The lowest BCUT2D eigenvalue weighted by atomic mass is 10.0. The van der Waals surface area contributed by atoms with Gasteiger partial charge in [0, 0.05) is 32.5 Å². The minimum Gasteiger partial charge on any atom is -0.497 e. The molecule has 226 valence electrons. The van der Waals surface area contributed by atoms with Crippen LogP contribution in [-0.4, -0.2) is 57.6 Å². The zero-order valence-corrected chi connectivity index (χ0v) is 26.1. The minimum absolute atomic E-state index is 0.0740. The Kier molecular flexibility index (Phi) is 12.0. The molecule has 0 spiro atoms. The summed E-state index contributed by atoms with van der Waals surface area (Å²) in [5.41, 5.74) is 3.19. The molecular weight excluding hydrogens is 550 g/mol. The van der Waals surface area contributed by atoms with Crippen molar-refractivity contribution < 1.29 is 22.7 Å². The first kappa shape index (κ1) is 32.7. The van der Waals surface area contributed by atoms with Crippen molar-refractivity contribution in [3.63, 3.8) is 0 Å². The van der Waals surface area contributed by atoms with E-state index >= 15 is 0 Å². The highest BCUT2D eigenvalue weighted by molar-refractivity contribution is 7.92. The van der Waals surface area contributed by atoms with Crippen LogP contribution in [-0.2, 0) is 32.6 Å². The Labute approximate surface area is 250 Å². The Morgan fingerprint density at radius 2 is 1.60 bits per heavy atom. The fourth-order valence-corrected chi connectivity index (χ4v) is 5.79. The second kappa shape index (κ2) is 15.4. The molecule has 0 fully saturated rings. The molecule has 0 saturated carbocycles. The molecule has 0 heterocycles. The minimum atomic E-state index is -3.57. The fourth-order valence-electron chi connectivity index (χ4n) is 4.77. The van der Waals surface area contributed by atoms with Crippen LogP contribution in [0.2, 0.25) is 0 Å². The number of ether oxygens (including phenoxy) is 1. The van der Waals surface area contributed by atoms with E-state index in [9.17, 15) is 18.0 Å². The number of benzene rings is 3. The molecule has 9 heteroatoms. The van der Waals surface area contributed by atoms with Crippen molar-refractivity contribution in [2.75, 3.05) is 30.8 Å². The predicted molar refractivity (Wildman–Crippen MR) is 168 cm³/mol. The zero-order valence-electron chi connectivity index (χ0n) is 25.2. The molecule has 0 aliphatic rings. The Hall–Kier alpha value is -3.85. The van der Waals surface area contributed by atoms with E-state index < -0.39 is 16.1 Å². The average Bonchev–Trinajstić information content (AvgIpc) is 2.96. The van der Waals surface area contributed by atoms with Gasteiger partial charge in [-0.1, -0.05) is 74.5 Å². The summed E-state index contributed by atoms with van der Waals surface area (Å²) in [6.45, 7) is 6.74. The molecule has 2 amide bonds. The van der Waals surface area contributed by atoms with Crippen molar-refractivity contribution in [1.29, 1.82) is 0 Å². The van der Waals surface area contributed by atoms with Crippen LogP contribution in [0, 0.1) is 12.8 Å². The van der Waals surface area contributed by atoms with Gasteiger partial charge in [-0.25, -0.2) is 8.42 Å². The van der Waals surface area contributed by atoms with Gasteiger partial charge in [-0.15, -0.1) is 0 Å². The fraction of sp³-hybridized carbons (Fsp3) is 0.394. The third kappa shape index (κ3) is 9.62. The number of hydrogen-bond donors (Lipinski definition) is 1. The van der Waals surface area contributed by atoms with Crippen LogP contribution in [0.5, 0.6) is 5.75 Å². The first-order valence-corrected chi connectivity index (χ1v) is 16.1. The highest BCUT2D eigenvalue weighted by atomic mass is 32.2. The lowest BCUT2D eigenvalue weighted by Gasteiger charge is -2.32. The van der Waals surface area contributed by atoms with Crippen LogP contribution in [0.3, 0.4) is 0 Å². The normalized spacial score (nSPS) is 12.0. The maximum absolute atomic E-state index is 14.0. The summed E-state index contributed by atoms with van der Waals surface area (Å²) in [6, 6.07) is 23.6. The number of nitrogens with zero attached hydrogens (tertiary/aromatic N) is 2. The lowest BCUT2D eigenvalue weighted by molar-refractivity contribution is -0.141.